The molecule has 0 aromatic carbocycles. The molecule has 1 fully saturated rings. The molecule has 0 bridgehead atoms. The molecule has 0 spiro atoms. The van der Waals surface area contributed by atoms with Gasteiger partial charge in [-0.2, -0.15) is 0 Å². The van der Waals surface area contributed by atoms with Crippen molar-refractivity contribution < 1.29 is 14.3 Å². The Kier molecular flexibility index (Phi) is 2.00. The van der Waals surface area contributed by atoms with Crippen molar-refractivity contribution in [3.8, 4) is 0 Å². The summed E-state index contributed by atoms with van der Waals surface area (Å²) in [4.78, 5) is 20.6. The number of carbonyl (C=O) groups is 1. The molecule has 0 saturated heterocycles. The van der Waals surface area contributed by atoms with Gasteiger partial charge < -0.3 is 4.74 Å². The predicted molar refractivity (Wildman–Crippen MR) is 34.2 cm³/mol. The summed E-state index contributed by atoms with van der Waals surface area (Å²) in [6.07, 6.45) is 0.0771. The minimum absolute atomic E-state index is 0.131. The van der Waals surface area contributed by atoms with Gasteiger partial charge in [0.2, 0.25) is 0 Å². The zero-order valence-electron chi connectivity index (χ0n) is 5.72. The Morgan fingerprint density at radius 3 is 2.90 bits per heavy atom. The first-order valence-electron chi connectivity index (χ1n) is 3.19. The highest BCUT2D eigenvalue weighted by Gasteiger charge is 2.35. The summed E-state index contributed by atoms with van der Waals surface area (Å²) in [6.45, 7) is 2.36. The van der Waals surface area contributed by atoms with Gasteiger partial charge in [-0.25, -0.2) is 4.79 Å². The molecule has 1 rings (SSSR count). The van der Waals surface area contributed by atoms with E-state index in [1.165, 1.54) is 0 Å². The third kappa shape index (κ3) is 1.01. The molecule has 1 saturated carbocycles. The van der Waals surface area contributed by atoms with E-state index in [-0.39, 0.29) is 17.5 Å². The van der Waals surface area contributed by atoms with E-state index in [0.29, 0.717) is 13.0 Å². The fraction of sp³-hybridized carbons (Fsp3) is 0.571. The normalized spacial score (nSPS) is 23.9. The van der Waals surface area contributed by atoms with Crippen LogP contribution >= 0.6 is 0 Å². The average molecular weight is 140 g/mol. The van der Waals surface area contributed by atoms with E-state index in [0.717, 1.165) is 0 Å². The first-order chi connectivity index (χ1) is 4.79. The molecule has 0 N–H and O–H groups in total. The molecule has 1 aliphatic carbocycles. The number of hydrogen-bond donors (Lipinski definition) is 0. The van der Waals surface area contributed by atoms with Gasteiger partial charge in [-0.3, -0.25) is 4.79 Å². The summed E-state index contributed by atoms with van der Waals surface area (Å²) >= 11 is 0. The molecule has 3 heteroatoms. The van der Waals surface area contributed by atoms with Crippen molar-refractivity contribution in [2.45, 2.75) is 19.4 Å². The van der Waals surface area contributed by atoms with Crippen molar-refractivity contribution in [3.63, 3.8) is 0 Å². The second-order valence-electron chi connectivity index (χ2n) is 2.09. The molecule has 0 aliphatic heterocycles. The molecular formula is C7H8O3. The molecule has 1 aliphatic rings. The van der Waals surface area contributed by atoms with Crippen molar-refractivity contribution in [2.24, 2.45) is 0 Å². The molecule has 0 aromatic heterocycles. The smallest absolute Gasteiger partial charge is 0.175 e. The van der Waals surface area contributed by atoms with Crippen molar-refractivity contribution in [2.75, 3.05) is 6.61 Å². The van der Waals surface area contributed by atoms with E-state index < -0.39 is 0 Å². The van der Waals surface area contributed by atoms with E-state index in [9.17, 15) is 9.59 Å². The van der Waals surface area contributed by atoms with Gasteiger partial charge in [0.05, 0.1) is 0 Å². The molecule has 0 aromatic rings. The van der Waals surface area contributed by atoms with Crippen LogP contribution in [-0.2, 0) is 14.3 Å². The molecule has 10 heavy (non-hydrogen) atoms. The summed E-state index contributed by atoms with van der Waals surface area (Å²) in [7, 11) is 0. The van der Waals surface area contributed by atoms with Crippen molar-refractivity contribution >= 4 is 11.7 Å². The minimum atomic E-state index is -0.269. The summed E-state index contributed by atoms with van der Waals surface area (Å²) in [5, 5.41) is 0. The summed E-state index contributed by atoms with van der Waals surface area (Å²) < 4.78 is 5.03. The Hall–Kier alpha value is -0.920. The van der Waals surface area contributed by atoms with E-state index in [1.54, 1.807) is 5.94 Å². The maximum Gasteiger partial charge on any atom is 0.175 e. The number of ketones is 1. The van der Waals surface area contributed by atoms with E-state index in [4.69, 9.17) is 4.74 Å². The highest BCUT2D eigenvalue weighted by molar-refractivity contribution is 6.09. The van der Waals surface area contributed by atoms with Crippen LogP contribution in [0.3, 0.4) is 0 Å². The standard InChI is InChI=1S/C7H8O3/c1-2-10-7-3-6(9)5(7)4-8/h7H,2-3H2,1H3. The predicted octanol–water partition coefficient (Wildman–Crippen LogP) is 0.122. The fourth-order valence-electron chi connectivity index (χ4n) is 0.895. The maximum absolute atomic E-state index is 10.6. The van der Waals surface area contributed by atoms with Crippen LogP contribution < -0.4 is 0 Å². The first kappa shape index (κ1) is 7.19. The van der Waals surface area contributed by atoms with E-state index in [2.05, 4.69) is 0 Å². The first-order valence-corrected chi connectivity index (χ1v) is 3.19. The van der Waals surface area contributed by atoms with Gasteiger partial charge in [0.1, 0.15) is 17.6 Å². The highest BCUT2D eigenvalue weighted by atomic mass is 16.5. The molecule has 0 radical (unpaired) electrons. The van der Waals surface area contributed by atoms with Gasteiger partial charge in [-0.1, -0.05) is 0 Å². The number of carbonyl (C=O) groups excluding carboxylic acids is 2. The second kappa shape index (κ2) is 2.78. The summed E-state index contributed by atoms with van der Waals surface area (Å²) in [5.74, 6) is 1.45. The SMILES string of the molecule is CCOC1CC(=O)C1=C=O. The lowest BCUT2D eigenvalue weighted by Crippen LogP contribution is -2.35. The Bertz CT molecular complexity index is 201. The van der Waals surface area contributed by atoms with Gasteiger partial charge in [0.25, 0.3) is 0 Å². The third-order valence-electron chi connectivity index (χ3n) is 1.47. The van der Waals surface area contributed by atoms with Crippen LogP contribution in [0.2, 0.25) is 0 Å². The quantitative estimate of drug-likeness (QED) is 0.404. The molecule has 1 atom stereocenters. The Morgan fingerprint density at radius 2 is 2.50 bits per heavy atom. The van der Waals surface area contributed by atoms with Crippen LogP contribution in [0.5, 0.6) is 0 Å². The molecule has 3 nitrogen and oxygen atoms in total. The van der Waals surface area contributed by atoms with Crippen LogP contribution in [0.25, 0.3) is 0 Å². The summed E-state index contributed by atoms with van der Waals surface area (Å²) in [6, 6.07) is 0. The largest absolute Gasteiger partial charge is 0.372 e. The van der Waals surface area contributed by atoms with Crippen LogP contribution in [0, 0.1) is 0 Å². The van der Waals surface area contributed by atoms with Crippen LogP contribution in [0.4, 0.5) is 0 Å². The third-order valence-corrected chi connectivity index (χ3v) is 1.47. The number of Topliss-reactive ketones (excluding diaryl/α,β-unsaturated/α-hetero) is 1. The lowest BCUT2D eigenvalue weighted by Gasteiger charge is -2.24. The van der Waals surface area contributed by atoms with Gasteiger partial charge in [0, 0.05) is 13.0 Å². The van der Waals surface area contributed by atoms with Crippen LogP contribution in [0.1, 0.15) is 13.3 Å². The Morgan fingerprint density at radius 1 is 1.80 bits per heavy atom. The van der Waals surface area contributed by atoms with Crippen LogP contribution in [-0.4, -0.2) is 24.4 Å². The lowest BCUT2D eigenvalue weighted by molar-refractivity contribution is -0.124. The topological polar surface area (TPSA) is 43.4 Å². The van der Waals surface area contributed by atoms with Crippen molar-refractivity contribution in [3.05, 3.63) is 5.57 Å². The Balaban J connectivity index is 2.54. The second-order valence-corrected chi connectivity index (χ2v) is 2.09. The highest BCUT2D eigenvalue weighted by Crippen LogP contribution is 2.22. The molecule has 0 heterocycles. The van der Waals surface area contributed by atoms with Crippen molar-refractivity contribution in [1.82, 2.24) is 0 Å². The monoisotopic (exact) mass is 140 g/mol. The maximum atomic E-state index is 10.6. The fourth-order valence-corrected chi connectivity index (χ4v) is 0.895. The zero-order chi connectivity index (χ0) is 7.56. The van der Waals surface area contributed by atoms with Gasteiger partial charge >= 0.3 is 0 Å². The van der Waals surface area contributed by atoms with Crippen molar-refractivity contribution in [1.29, 1.82) is 0 Å². The van der Waals surface area contributed by atoms with Gasteiger partial charge in [-0.05, 0) is 6.92 Å². The number of hydrogen-bond acceptors (Lipinski definition) is 3. The molecule has 1 unspecified atom stereocenters. The number of ether oxygens (including phenoxy) is 1. The van der Waals surface area contributed by atoms with E-state index in [1.807, 2.05) is 6.92 Å². The zero-order valence-corrected chi connectivity index (χ0v) is 5.72. The summed E-state index contributed by atoms with van der Waals surface area (Å²) in [5.41, 5.74) is 0.168. The molecule has 0 amide bonds. The molecular weight excluding hydrogens is 132 g/mol. The molecule has 54 valence electrons. The average Bonchev–Trinajstić information content (AvgIpc) is 1.88. The van der Waals surface area contributed by atoms with Gasteiger partial charge in [-0.15, -0.1) is 0 Å². The lowest BCUT2D eigenvalue weighted by atomic mass is 9.88. The number of rotatable bonds is 2. The minimum Gasteiger partial charge on any atom is -0.372 e. The van der Waals surface area contributed by atoms with Crippen LogP contribution in [0.15, 0.2) is 5.57 Å². The Labute approximate surface area is 58.7 Å². The van der Waals surface area contributed by atoms with Gasteiger partial charge in [0.15, 0.2) is 5.78 Å². The van der Waals surface area contributed by atoms with E-state index >= 15 is 0 Å².